The Hall–Kier alpha value is -5.60. The van der Waals surface area contributed by atoms with Crippen molar-refractivity contribution in [2.24, 2.45) is 4.99 Å². The molecule has 0 amide bonds. The van der Waals surface area contributed by atoms with E-state index in [0.29, 0.717) is 5.71 Å². The van der Waals surface area contributed by atoms with E-state index in [1.807, 2.05) is 55.5 Å². The van der Waals surface area contributed by atoms with Crippen molar-refractivity contribution in [3.63, 3.8) is 0 Å². The van der Waals surface area contributed by atoms with E-state index in [2.05, 4.69) is 121 Å². The first-order valence-corrected chi connectivity index (χ1v) is 14.5. The van der Waals surface area contributed by atoms with Gasteiger partial charge in [-0.15, -0.1) is 0 Å². The molecule has 0 aliphatic heterocycles. The summed E-state index contributed by atoms with van der Waals surface area (Å²) in [4.78, 5) is 5.17. The molecule has 6 aromatic carbocycles. The molecule has 6 aromatic rings. The van der Waals surface area contributed by atoms with Crippen LogP contribution in [0.25, 0.3) is 39.1 Å². The Labute approximate surface area is 253 Å². The third-order valence-electron chi connectivity index (χ3n) is 7.50. The molecule has 0 saturated heterocycles. The van der Waals surface area contributed by atoms with Gasteiger partial charge in [0, 0.05) is 16.8 Å². The predicted octanol–water partition coefficient (Wildman–Crippen LogP) is 10.6. The Morgan fingerprint density at radius 3 is 1.30 bits per heavy atom. The lowest BCUT2D eigenvalue weighted by Crippen LogP contribution is -2.00. The summed E-state index contributed by atoms with van der Waals surface area (Å²) in [6.07, 6.45) is 1.89. The van der Waals surface area contributed by atoms with Gasteiger partial charge in [-0.05, 0) is 70.1 Å². The van der Waals surface area contributed by atoms with Crippen LogP contribution in [0, 0.1) is 5.41 Å². The van der Waals surface area contributed by atoms with Gasteiger partial charge in [-0.2, -0.15) is 0 Å². The highest BCUT2D eigenvalue weighted by Gasteiger charge is 2.10. The van der Waals surface area contributed by atoms with Gasteiger partial charge in [-0.3, -0.25) is 4.99 Å². The summed E-state index contributed by atoms with van der Waals surface area (Å²) in [6.45, 7) is 2.04. The molecule has 0 aromatic heterocycles. The molecule has 0 atom stereocenters. The van der Waals surface area contributed by atoms with Crippen molar-refractivity contribution in [3.05, 3.63) is 187 Å². The minimum Gasteiger partial charge on any atom is -0.300 e. The largest absolute Gasteiger partial charge is 0.300 e. The quantitative estimate of drug-likeness (QED) is 0.182. The number of benzene rings is 6. The van der Waals surface area contributed by atoms with Crippen LogP contribution < -0.4 is 0 Å². The molecule has 6 rings (SSSR count). The van der Waals surface area contributed by atoms with Crippen molar-refractivity contribution in [2.75, 3.05) is 0 Å². The summed E-state index contributed by atoms with van der Waals surface area (Å²) in [6, 6.07) is 56.1. The van der Waals surface area contributed by atoms with Crippen LogP contribution >= 0.6 is 0 Å². The lowest BCUT2D eigenvalue weighted by Gasteiger charge is -2.11. The Morgan fingerprint density at radius 1 is 0.442 bits per heavy atom. The molecule has 0 bridgehead atoms. The van der Waals surface area contributed by atoms with Gasteiger partial charge in [0.1, 0.15) is 0 Å². The zero-order valence-electron chi connectivity index (χ0n) is 24.1. The summed E-state index contributed by atoms with van der Waals surface area (Å²) in [5, 5.41) is 9.14. The van der Waals surface area contributed by atoms with Gasteiger partial charge in [0.15, 0.2) is 0 Å². The number of nitrogens with one attached hydrogen (secondary N) is 1. The van der Waals surface area contributed by atoms with E-state index >= 15 is 0 Å². The molecule has 0 heterocycles. The van der Waals surface area contributed by atoms with Crippen LogP contribution in [0.5, 0.6) is 0 Å². The molecule has 0 aliphatic rings. The van der Waals surface area contributed by atoms with Gasteiger partial charge in [-0.25, -0.2) is 0 Å². The highest BCUT2D eigenvalue weighted by Crippen LogP contribution is 2.27. The third kappa shape index (κ3) is 6.66. The van der Waals surface area contributed by atoms with Crippen LogP contribution in [0.4, 0.5) is 0 Å². The lowest BCUT2D eigenvalue weighted by molar-refractivity contribution is 1.44. The van der Waals surface area contributed by atoms with Gasteiger partial charge >= 0.3 is 0 Å². The molecule has 0 fully saturated rings. The predicted molar refractivity (Wildman–Crippen MR) is 183 cm³/mol. The van der Waals surface area contributed by atoms with E-state index < -0.39 is 0 Å². The molecule has 0 radical (unpaired) electrons. The maximum Gasteiger partial charge on any atom is 0.0727 e. The summed E-state index contributed by atoms with van der Waals surface area (Å²) >= 11 is 0. The van der Waals surface area contributed by atoms with Gasteiger partial charge in [-0.1, -0.05) is 146 Å². The molecule has 0 aliphatic carbocycles. The van der Waals surface area contributed by atoms with Crippen LogP contribution in [-0.4, -0.2) is 11.4 Å². The normalized spacial score (nSPS) is 11.7. The fourth-order valence-corrected chi connectivity index (χ4v) is 5.19. The zero-order chi connectivity index (χ0) is 29.4. The van der Waals surface area contributed by atoms with E-state index in [-0.39, 0.29) is 0 Å². The average molecular weight is 553 g/mol. The maximum atomic E-state index is 9.14. The number of hydrogen-bond donors (Lipinski definition) is 1. The lowest BCUT2D eigenvalue weighted by atomic mass is 9.98. The molecule has 1 N–H and O–H groups in total. The standard InChI is InChI=1S/C41H32N2/c1-30(34-20-11-21-35(26-34)31-14-5-2-6-15-31)43-41(39-25-13-23-37(28-39)33-18-9-4-10-19-33)29-40(42)38-24-12-22-36(27-38)32-16-7-3-8-17-32/h2-29,42H,1H3/b41-29-,42-40?,43-30?. The molecule has 2 nitrogen and oxygen atoms in total. The monoisotopic (exact) mass is 552 g/mol. The fraction of sp³-hybridized carbons (Fsp3) is 0.0244. The van der Waals surface area contributed by atoms with Crippen LogP contribution in [-0.2, 0) is 0 Å². The van der Waals surface area contributed by atoms with Crippen LogP contribution in [0.15, 0.2) is 175 Å². The third-order valence-corrected chi connectivity index (χ3v) is 7.50. The zero-order valence-corrected chi connectivity index (χ0v) is 24.1. The van der Waals surface area contributed by atoms with Crippen LogP contribution in [0.3, 0.4) is 0 Å². The molecule has 2 heteroatoms. The number of allylic oxidation sites excluding steroid dienone is 1. The summed E-state index contributed by atoms with van der Waals surface area (Å²) in [5.74, 6) is 0. The first kappa shape index (κ1) is 27.6. The minimum absolute atomic E-state index is 0.410. The maximum absolute atomic E-state index is 9.14. The molecule has 0 spiro atoms. The van der Waals surface area contributed by atoms with Crippen molar-refractivity contribution in [1.82, 2.24) is 0 Å². The van der Waals surface area contributed by atoms with Crippen molar-refractivity contribution in [3.8, 4) is 33.4 Å². The van der Waals surface area contributed by atoms with E-state index in [1.54, 1.807) is 0 Å². The molecular weight excluding hydrogens is 520 g/mol. The van der Waals surface area contributed by atoms with Crippen molar-refractivity contribution >= 4 is 17.1 Å². The number of rotatable bonds is 8. The number of hydrogen-bond acceptors (Lipinski definition) is 2. The Morgan fingerprint density at radius 2 is 0.814 bits per heavy atom. The number of aliphatic imine (C=N–C) groups is 1. The molecule has 43 heavy (non-hydrogen) atoms. The first-order valence-electron chi connectivity index (χ1n) is 14.5. The number of nitrogens with zero attached hydrogens (tertiary/aromatic N) is 1. The highest BCUT2D eigenvalue weighted by molar-refractivity contribution is 6.12. The van der Waals surface area contributed by atoms with Crippen molar-refractivity contribution < 1.29 is 0 Å². The summed E-state index contributed by atoms with van der Waals surface area (Å²) < 4.78 is 0. The van der Waals surface area contributed by atoms with Crippen molar-refractivity contribution in [1.29, 1.82) is 5.41 Å². The Balaban J connectivity index is 1.42. The highest BCUT2D eigenvalue weighted by atomic mass is 14.8. The first-order chi connectivity index (χ1) is 21.1. The Kier molecular flexibility index (Phi) is 8.29. The summed E-state index contributed by atoms with van der Waals surface area (Å²) in [5.41, 5.74) is 11.7. The molecule has 0 unspecified atom stereocenters. The second-order valence-corrected chi connectivity index (χ2v) is 10.5. The second-order valence-electron chi connectivity index (χ2n) is 10.5. The van der Waals surface area contributed by atoms with Gasteiger partial charge < -0.3 is 5.41 Å². The fourth-order valence-electron chi connectivity index (χ4n) is 5.19. The van der Waals surface area contributed by atoms with E-state index in [9.17, 15) is 0 Å². The minimum atomic E-state index is 0.410. The van der Waals surface area contributed by atoms with Gasteiger partial charge in [0.05, 0.1) is 11.4 Å². The van der Waals surface area contributed by atoms with Crippen LogP contribution in [0.2, 0.25) is 0 Å². The molecule has 0 saturated carbocycles. The second kappa shape index (κ2) is 12.9. The average Bonchev–Trinajstić information content (AvgIpc) is 3.09. The Bertz CT molecular complexity index is 1920. The summed E-state index contributed by atoms with van der Waals surface area (Å²) in [7, 11) is 0. The SMILES string of the molecule is CC(=N/C(=C\C(=N)c1cccc(-c2ccccc2)c1)c1cccc(-c2ccccc2)c1)c1cccc(-c2ccccc2)c1. The smallest absolute Gasteiger partial charge is 0.0727 e. The molecule has 206 valence electrons. The van der Waals surface area contributed by atoms with E-state index in [4.69, 9.17) is 10.4 Å². The van der Waals surface area contributed by atoms with E-state index in [1.165, 1.54) is 5.56 Å². The van der Waals surface area contributed by atoms with Crippen molar-refractivity contribution in [2.45, 2.75) is 6.92 Å². The topological polar surface area (TPSA) is 36.2 Å². The van der Waals surface area contributed by atoms with E-state index in [0.717, 1.165) is 55.9 Å². The molecular formula is C41H32N2. The van der Waals surface area contributed by atoms with Gasteiger partial charge in [0.2, 0.25) is 0 Å². The van der Waals surface area contributed by atoms with Gasteiger partial charge in [0.25, 0.3) is 0 Å². The van der Waals surface area contributed by atoms with Crippen LogP contribution in [0.1, 0.15) is 23.6 Å².